The number of hydrogen-bond donors (Lipinski definition) is 4. The highest BCUT2D eigenvalue weighted by Gasteiger charge is 2.30. The van der Waals surface area contributed by atoms with E-state index in [-0.39, 0.29) is 28.2 Å². The fourth-order valence-electron chi connectivity index (χ4n) is 4.57. The number of nitrogens with one attached hydrogen (secondary N) is 2. The maximum Gasteiger partial charge on any atom is 0.271 e. The number of rotatable bonds is 6. The third-order valence-electron chi connectivity index (χ3n) is 6.93. The van der Waals surface area contributed by atoms with Crippen LogP contribution >= 0.6 is 11.6 Å². The molecule has 0 spiro atoms. The van der Waals surface area contributed by atoms with Crippen LogP contribution in [0.4, 0.5) is 5.69 Å². The van der Waals surface area contributed by atoms with Crippen molar-refractivity contribution in [3.8, 4) is 11.6 Å². The first-order valence-electron chi connectivity index (χ1n) is 12.1. The number of hydrogen-bond acceptors (Lipinski definition) is 6. The smallest absolute Gasteiger partial charge is 0.271 e. The average Bonchev–Trinajstić information content (AvgIpc) is 3.63. The van der Waals surface area contributed by atoms with Gasteiger partial charge in [0.05, 0.1) is 27.4 Å². The van der Waals surface area contributed by atoms with Gasteiger partial charge in [-0.25, -0.2) is 0 Å². The van der Waals surface area contributed by atoms with E-state index in [1.54, 1.807) is 36.1 Å². The Kier molecular flexibility index (Phi) is 6.68. The summed E-state index contributed by atoms with van der Waals surface area (Å²) < 4.78 is 0. The van der Waals surface area contributed by atoms with Crippen molar-refractivity contribution in [1.29, 1.82) is 0 Å². The molecule has 4 N–H and O–H groups in total. The van der Waals surface area contributed by atoms with Crippen molar-refractivity contribution < 1.29 is 19.8 Å². The highest BCUT2D eigenvalue weighted by Crippen LogP contribution is 2.41. The van der Waals surface area contributed by atoms with E-state index in [1.807, 2.05) is 0 Å². The van der Waals surface area contributed by atoms with Gasteiger partial charge in [0.2, 0.25) is 5.88 Å². The molecule has 0 bridgehead atoms. The number of aromatic nitrogens is 1. The Balaban J connectivity index is 1.35. The van der Waals surface area contributed by atoms with Crippen LogP contribution in [0.3, 0.4) is 0 Å². The van der Waals surface area contributed by atoms with Crippen molar-refractivity contribution >= 4 is 40.0 Å². The Morgan fingerprint density at radius 1 is 1.06 bits per heavy atom. The summed E-state index contributed by atoms with van der Waals surface area (Å²) in [5.41, 5.74) is 1.47. The number of benzene rings is 2. The number of phenols is 1. The third kappa shape index (κ3) is 4.94. The van der Waals surface area contributed by atoms with E-state index < -0.39 is 11.8 Å². The van der Waals surface area contributed by atoms with Crippen LogP contribution in [0.15, 0.2) is 46.6 Å². The van der Waals surface area contributed by atoms with Crippen molar-refractivity contribution in [3.63, 3.8) is 0 Å². The number of aromatic amines is 1. The summed E-state index contributed by atoms with van der Waals surface area (Å²) in [7, 11) is 0. The molecular formula is C26H28ClN5O4. The molecule has 1 atom stereocenters. The fourth-order valence-corrected chi connectivity index (χ4v) is 4.91. The highest BCUT2D eigenvalue weighted by molar-refractivity contribution is 6.39. The Morgan fingerprint density at radius 3 is 2.39 bits per heavy atom. The maximum absolute atomic E-state index is 13.3. The van der Waals surface area contributed by atoms with Gasteiger partial charge in [-0.15, -0.1) is 10.2 Å². The van der Waals surface area contributed by atoms with Crippen molar-refractivity contribution in [1.82, 2.24) is 15.2 Å². The number of carbonyl (C=O) groups is 2. The number of carbonyl (C=O) groups excluding carboxylic acids is 2. The topological polar surface area (TPSA) is 130 Å². The van der Waals surface area contributed by atoms with Crippen LogP contribution in [-0.2, 0) is 4.79 Å². The molecule has 2 heterocycles. The lowest BCUT2D eigenvalue weighted by molar-refractivity contribution is -0.119. The number of phenolic OH excluding ortho intramolecular Hbond substituents is 1. The Bertz CT molecular complexity index is 1320. The van der Waals surface area contributed by atoms with E-state index in [4.69, 9.17) is 11.6 Å². The summed E-state index contributed by atoms with van der Waals surface area (Å²) in [5.74, 6) is -1.50. The second-order valence-corrected chi connectivity index (χ2v) is 9.91. The normalized spacial score (nSPS) is 17.7. The second kappa shape index (κ2) is 9.91. The summed E-state index contributed by atoms with van der Waals surface area (Å²) >= 11 is 6.67. The summed E-state index contributed by atoms with van der Waals surface area (Å²) in [6.07, 6.45) is 4.26. The lowest BCUT2D eigenvalue weighted by Crippen LogP contribution is -2.45. The number of halogens is 1. The molecule has 1 aromatic heterocycles. The van der Waals surface area contributed by atoms with Crippen LogP contribution in [0.25, 0.3) is 10.9 Å². The Morgan fingerprint density at radius 2 is 1.72 bits per heavy atom. The quantitative estimate of drug-likeness (QED) is 0.347. The molecular weight excluding hydrogens is 482 g/mol. The zero-order chi connectivity index (χ0) is 25.4. The highest BCUT2D eigenvalue weighted by atomic mass is 35.5. The third-order valence-corrected chi connectivity index (χ3v) is 7.32. The lowest BCUT2D eigenvalue weighted by Gasteiger charge is -2.32. The molecule has 0 radical (unpaired) electrons. The molecule has 10 heteroatoms. The number of amides is 2. The molecule has 2 amide bonds. The second-order valence-electron chi connectivity index (χ2n) is 9.53. The van der Waals surface area contributed by atoms with Crippen LogP contribution in [0.5, 0.6) is 11.6 Å². The molecule has 1 unspecified atom stereocenters. The van der Waals surface area contributed by atoms with Crippen molar-refractivity contribution in [2.24, 2.45) is 10.2 Å². The number of nitrogens with zero attached hydrogens (tertiary/aromatic N) is 3. The van der Waals surface area contributed by atoms with E-state index >= 15 is 0 Å². The van der Waals surface area contributed by atoms with Gasteiger partial charge in [0.15, 0.2) is 5.69 Å². The summed E-state index contributed by atoms with van der Waals surface area (Å²) in [5, 5.41) is 31.8. The molecule has 2 aromatic carbocycles. The first-order valence-corrected chi connectivity index (χ1v) is 12.5. The van der Waals surface area contributed by atoms with Crippen molar-refractivity contribution in [2.75, 3.05) is 13.1 Å². The minimum Gasteiger partial charge on any atom is -0.508 e. The molecule has 1 aliphatic heterocycles. The largest absolute Gasteiger partial charge is 0.508 e. The van der Waals surface area contributed by atoms with E-state index in [0.717, 1.165) is 12.8 Å². The molecule has 9 nitrogen and oxygen atoms in total. The van der Waals surface area contributed by atoms with Gasteiger partial charge in [0, 0.05) is 25.2 Å². The van der Waals surface area contributed by atoms with Gasteiger partial charge in [0.25, 0.3) is 11.8 Å². The molecule has 2 fully saturated rings. The first-order chi connectivity index (χ1) is 17.3. The summed E-state index contributed by atoms with van der Waals surface area (Å²) in [6.45, 7) is 2.97. The van der Waals surface area contributed by atoms with Crippen LogP contribution < -0.4 is 5.32 Å². The number of H-pyrrole nitrogens is 1. The van der Waals surface area contributed by atoms with Crippen LogP contribution in [0.2, 0.25) is 5.02 Å². The molecule has 5 rings (SSSR count). The molecule has 2 aliphatic rings. The molecule has 36 heavy (non-hydrogen) atoms. The molecule has 1 aliphatic carbocycles. The molecule has 1 saturated carbocycles. The van der Waals surface area contributed by atoms with E-state index in [9.17, 15) is 19.8 Å². The van der Waals surface area contributed by atoms with E-state index in [1.165, 1.54) is 25.0 Å². The minimum absolute atomic E-state index is 0.00301. The van der Waals surface area contributed by atoms with Crippen LogP contribution in [-0.4, -0.2) is 57.1 Å². The number of aromatic hydroxyl groups is 2. The van der Waals surface area contributed by atoms with Gasteiger partial charge in [-0.3, -0.25) is 9.59 Å². The van der Waals surface area contributed by atoms with Crippen molar-refractivity contribution in [2.45, 2.75) is 50.6 Å². The number of likely N-dealkylation sites (tertiary alicyclic amines) is 1. The van der Waals surface area contributed by atoms with Gasteiger partial charge in [-0.05, 0) is 62.4 Å². The van der Waals surface area contributed by atoms with Gasteiger partial charge in [-0.2, -0.15) is 0 Å². The average molecular weight is 510 g/mol. The zero-order valence-corrected chi connectivity index (χ0v) is 20.6. The van der Waals surface area contributed by atoms with E-state index in [2.05, 4.69) is 20.5 Å². The SMILES string of the molecule is CC(C(=O)N=Nc1c(O)[nH]c2ccc(C(=O)N3CCC(NC4CC4)CC3)c(Cl)c12)c1ccc(O)cc1. The van der Waals surface area contributed by atoms with E-state index in [0.29, 0.717) is 47.2 Å². The van der Waals surface area contributed by atoms with Gasteiger partial charge < -0.3 is 25.4 Å². The van der Waals surface area contributed by atoms with Gasteiger partial charge in [0.1, 0.15) is 5.75 Å². The molecule has 1 saturated heterocycles. The standard InChI is InChI=1S/C26H28ClN5O4/c1-14(15-2-6-18(33)7-3-15)24(34)31-30-23-21-20(29-25(23)35)9-8-19(22(21)27)26(36)32-12-10-17(11-13-32)28-16-4-5-16/h2-3,6-9,14,16-17,28-29,33,35H,4-5,10-13H2,1H3. The maximum atomic E-state index is 13.3. The van der Waals surface area contributed by atoms with Gasteiger partial charge in [-0.1, -0.05) is 23.7 Å². The number of azo groups is 1. The Hall–Kier alpha value is -3.43. The Labute approximate surface area is 213 Å². The predicted octanol–water partition coefficient (Wildman–Crippen LogP) is 5.00. The number of piperidine rings is 1. The van der Waals surface area contributed by atoms with Crippen molar-refractivity contribution in [3.05, 3.63) is 52.5 Å². The number of fused-ring (bicyclic) bond motifs is 1. The fraction of sp³-hybridized carbons (Fsp3) is 0.385. The molecule has 188 valence electrons. The monoisotopic (exact) mass is 509 g/mol. The minimum atomic E-state index is -0.605. The molecule has 3 aromatic rings. The predicted molar refractivity (Wildman–Crippen MR) is 136 cm³/mol. The van der Waals surface area contributed by atoms with Crippen LogP contribution in [0.1, 0.15) is 54.4 Å². The zero-order valence-electron chi connectivity index (χ0n) is 19.9. The summed E-state index contributed by atoms with van der Waals surface area (Å²) in [4.78, 5) is 30.5. The summed E-state index contributed by atoms with van der Waals surface area (Å²) in [6, 6.07) is 10.6. The van der Waals surface area contributed by atoms with Gasteiger partial charge >= 0.3 is 0 Å². The van der Waals surface area contributed by atoms with Crippen LogP contribution in [0, 0.1) is 0 Å². The lowest BCUT2D eigenvalue weighted by atomic mass is 10.0. The first kappa shape index (κ1) is 24.3.